The molecule has 0 radical (unpaired) electrons. The minimum Gasteiger partial charge on any atom is -0.497 e. The molecule has 2 aromatic rings. The molecule has 2 amide bonds. The first-order chi connectivity index (χ1) is 15.4. The molecule has 0 saturated carbocycles. The predicted molar refractivity (Wildman–Crippen MR) is 125 cm³/mol. The number of halogens is 1. The van der Waals surface area contributed by atoms with Crippen LogP contribution in [-0.2, 0) is 14.3 Å². The van der Waals surface area contributed by atoms with Crippen molar-refractivity contribution in [1.29, 1.82) is 0 Å². The van der Waals surface area contributed by atoms with Gasteiger partial charge >= 0.3 is 0 Å². The Morgan fingerprint density at radius 2 is 2.03 bits per heavy atom. The number of amides is 2. The molecule has 4 atom stereocenters. The zero-order valence-electron chi connectivity index (χ0n) is 17.1. The molecule has 164 valence electrons. The first-order valence-electron chi connectivity index (χ1n) is 10.1. The number of nitrogens with zero attached hydrogens (tertiary/aromatic N) is 1. The highest BCUT2D eigenvalue weighted by molar-refractivity contribution is 7.80. The van der Waals surface area contributed by atoms with Crippen LogP contribution in [0.25, 0.3) is 0 Å². The van der Waals surface area contributed by atoms with E-state index in [-0.39, 0.29) is 18.4 Å². The number of carbonyl (C=O) groups is 2. The number of para-hydroxylation sites is 1. The summed E-state index contributed by atoms with van der Waals surface area (Å²) in [4.78, 5) is 27.8. The van der Waals surface area contributed by atoms with Crippen LogP contribution in [0, 0.1) is 11.8 Å². The Kier molecular flexibility index (Phi) is 5.16. The Bertz CT molecular complexity index is 1160. The standard InChI is InChI=1S/C23H20ClN3O4S/c1-30-14-6-4-5-13(11-14)26-22(32)25-12-23-10-9-17(31-23)18-19(23)21(29)27(20(18)28)16-8-3-2-7-15(16)24/h2-11,17-19H,12H2,1H3,(H2,25,26,32). The van der Waals surface area contributed by atoms with E-state index in [1.54, 1.807) is 31.4 Å². The van der Waals surface area contributed by atoms with Crippen molar-refractivity contribution in [2.24, 2.45) is 11.8 Å². The van der Waals surface area contributed by atoms with E-state index in [1.807, 2.05) is 36.4 Å². The molecule has 9 heteroatoms. The van der Waals surface area contributed by atoms with Crippen LogP contribution in [0.1, 0.15) is 0 Å². The molecule has 0 aliphatic carbocycles. The Hall–Kier alpha value is -2.94. The normalized spacial score (nSPS) is 27.6. The van der Waals surface area contributed by atoms with Crippen molar-refractivity contribution in [3.05, 3.63) is 65.7 Å². The highest BCUT2D eigenvalue weighted by Gasteiger charge is 2.67. The van der Waals surface area contributed by atoms with Crippen LogP contribution in [0.15, 0.2) is 60.7 Å². The molecule has 2 N–H and O–H groups in total. The van der Waals surface area contributed by atoms with Crippen molar-refractivity contribution >= 4 is 52.1 Å². The maximum Gasteiger partial charge on any atom is 0.241 e. The van der Waals surface area contributed by atoms with Gasteiger partial charge in [0.15, 0.2) is 5.11 Å². The Labute approximate surface area is 195 Å². The zero-order valence-corrected chi connectivity index (χ0v) is 18.7. The zero-order chi connectivity index (χ0) is 22.5. The van der Waals surface area contributed by atoms with Gasteiger partial charge in [-0.3, -0.25) is 9.59 Å². The van der Waals surface area contributed by atoms with Gasteiger partial charge in [-0.25, -0.2) is 4.90 Å². The van der Waals surface area contributed by atoms with Crippen LogP contribution in [-0.4, -0.2) is 42.3 Å². The van der Waals surface area contributed by atoms with Gasteiger partial charge in [-0.2, -0.15) is 0 Å². The molecular formula is C23H20ClN3O4S. The average molecular weight is 470 g/mol. The Morgan fingerprint density at radius 3 is 2.81 bits per heavy atom. The van der Waals surface area contributed by atoms with E-state index in [9.17, 15) is 9.59 Å². The van der Waals surface area contributed by atoms with Gasteiger partial charge < -0.3 is 20.1 Å². The summed E-state index contributed by atoms with van der Waals surface area (Å²) in [5.41, 5.74) is 0.204. The Balaban J connectivity index is 1.33. The first-order valence-corrected chi connectivity index (χ1v) is 10.9. The quantitative estimate of drug-likeness (QED) is 0.395. The molecule has 3 aliphatic heterocycles. The van der Waals surface area contributed by atoms with Gasteiger partial charge in [0.1, 0.15) is 11.4 Å². The maximum atomic E-state index is 13.4. The van der Waals surface area contributed by atoms with E-state index in [4.69, 9.17) is 33.3 Å². The lowest BCUT2D eigenvalue weighted by molar-refractivity contribution is -0.126. The number of nitrogens with one attached hydrogen (secondary N) is 2. The third-order valence-corrected chi connectivity index (χ3v) is 6.67. The number of imide groups is 1. The number of carbonyl (C=O) groups excluding carboxylic acids is 2. The van der Waals surface area contributed by atoms with Gasteiger partial charge in [-0.05, 0) is 36.5 Å². The largest absolute Gasteiger partial charge is 0.497 e. The summed E-state index contributed by atoms with van der Waals surface area (Å²) in [5, 5.41) is 6.96. The number of hydrogen-bond donors (Lipinski definition) is 2. The van der Waals surface area contributed by atoms with E-state index < -0.39 is 23.5 Å². The predicted octanol–water partition coefficient (Wildman–Crippen LogP) is 3.15. The SMILES string of the molecule is COc1cccc(NC(=S)NCC23C=CC(O2)C2C(=O)N(c4ccccc4Cl)C(=O)C23)c1. The van der Waals surface area contributed by atoms with E-state index in [1.165, 1.54) is 4.90 Å². The number of anilines is 2. The van der Waals surface area contributed by atoms with Crippen molar-refractivity contribution < 1.29 is 19.1 Å². The second kappa shape index (κ2) is 7.88. The summed E-state index contributed by atoms with van der Waals surface area (Å²) in [6.07, 6.45) is 3.26. The smallest absolute Gasteiger partial charge is 0.241 e. The van der Waals surface area contributed by atoms with Crippen molar-refractivity contribution in [1.82, 2.24) is 5.32 Å². The lowest BCUT2D eigenvalue weighted by Gasteiger charge is -2.29. The Morgan fingerprint density at radius 1 is 1.22 bits per heavy atom. The molecule has 2 saturated heterocycles. The molecule has 3 heterocycles. The van der Waals surface area contributed by atoms with Gasteiger partial charge in [0.25, 0.3) is 0 Å². The van der Waals surface area contributed by atoms with E-state index in [2.05, 4.69) is 10.6 Å². The molecule has 32 heavy (non-hydrogen) atoms. The second-order valence-corrected chi connectivity index (χ2v) is 8.72. The monoisotopic (exact) mass is 469 g/mol. The number of hydrogen-bond acceptors (Lipinski definition) is 5. The van der Waals surface area contributed by atoms with Crippen molar-refractivity contribution in [3.63, 3.8) is 0 Å². The average Bonchev–Trinajstić information content (AvgIpc) is 3.43. The van der Waals surface area contributed by atoms with Crippen LogP contribution < -0.4 is 20.3 Å². The fourth-order valence-corrected chi connectivity index (χ4v) is 5.08. The van der Waals surface area contributed by atoms with Crippen LogP contribution >= 0.6 is 23.8 Å². The molecule has 4 unspecified atom stereocenters. The minimum absolute atomic E-state index is 0.242. The van der Waals surface area contributed by atoms with Crippen molar-refractivity contribution in [2.45, 2.75) is 11.7 Å². The van der Waals surface area contributed by atoms with Gasteiger partial charge in [-0.15, -0.1) is 0 Å². The van der Waals surface area contributed by atoms with Gasteiger partial charge in [0.05, 0.1) is 42.3 Å². The molecule has 0 aromatic heterocycles. The molecular weight excluding hydrogens is 450 g/mol. The summed E-state index contributed by atoms with van der Waals surface area (Å²) in [6, 6.07) is 14.2. The summed E-state index contributed by atoms with van der Waals surface area (Å²) < 4.78 is 11.4. The molecule has 5 rings (SSSR count). The number of benzene rings is 2. The first kappa shape index (κ1) is 20.9. The lowest BCUT2D eigenvalue weighted by atomic mass is 9.77. The van der Waals surface area contributed by atoms with Crippen LogP contribution in [0.2, 0.25) is 5.02 Å². The highest BCUT2D eigenvalue weighted by atomic mass is 35.5. The van der Waals surface area contributed by atoms with Crippen molar-refractivity contribution in [3.8, 4) is 5.75 Å². The number of ether oxygens (including phenoxy) is 2. The van der Waals surface area contributed by atoms with Crippen LogP contribution in [0.3, 0.4) is 0 Å². The summed E-state index contributed by atoms with van der Waals surface area (Å²) in [5.74, 6) is -1.12. The number of rotatable bonds is 5. The van der Waals surface area contributed by atoms with Gasteiger partial charge in [-0.1, -0.05) is 42.0 Å². The van der Waals surface area contributed by atoms with Crippen LogP contribution in [0.4, 0.5) is 11.4 Å². The summed E-state index contributed by atoms with van der Waals surface area (Å²) in [6.45, 7) is 0.242. The molecule has 3 aliphatic rings. The number of fused-ring (bicyclic) bond motifs is 5. The number of thiocarbonyl (C=S) groups is 1. The maximum absolute atomic E-state index is 13.4. The molecule has 7 nitrogen and oxygen atoms in total. The number of methoxy groups -OCH3 is 1. The summed E-state index contributed by atoms with van der Waals surface area (Å²) in [7, 11) is 1.59. The van der Waals surface area contributed by atoms with E-state index >= 15 is 0 Å². The fraction of sp³-hybridized carbons (Fsp3) is 0.261. The second-order valence-electron chi connectivity index (χ2n) is 7.90. The van der Waals surface area contributed by atoms with Gasteiger partial charge in [0.2, 0.25) is 11.8 Å². The van der Waals surface area contributed by atoms with Crippen molar-refractivity contribution in [2.75, 3.05) is 23.9 Å². The lowest BCUT2D eigenvalue weighted by Crippen LogP contribution is -2.49. The highest BCUT2D eigenvalue weighted by Crippen LogP contribution is 2.52. The minimum atomic E-state index is -0.960. The summed E-state index contributed by atoms with van der Waals surface area (Å²) >= 11 is 11.7. The molecule has 2 bridgehead atoms. The van der Waals surface area contributed by atoms with Gasteiger partial charge in [0, 0.05) is 11.8 Å². The third kappa shape index (κ3) is 3.26. The fourth-order valence-electron chi connectivity index (χ4n) is 4.67. The van der Waals surface area contributed by atoms with E-state index in [0.717, 1.165) is 5.69 Å². The molecule has 2 fully saturated rings. The molecule has 2 aromatic carbocycles. The molecule has 0 spiro atoms. The third-order valence-electron chi connectivity index (χ3n) is 6.10. The topological polar surface area (TPSA) is 79.9 Å². The van der Waals surface area contributed by atoms with E-state index in [0.29, 0.717) is 21.6 Å². The van der Waals surface area contributed by atoms with Crippen LogP contribution in [0.5, 0.6) is 5.75 Å².